The van der Waals surface area contributed by atoms with Gasteiger partial charge in [-0.3, -0.25) is 0 Å². The number of esters is 3. The predicted molar refractivity (Wildman–Crippen MR) is 451 cm³/mol. The summed E-state index contributed by atoms with van der Waals surface area (Å²) in [6, 6.07) is 19.6. The maximum absolute atomic E-state index is 14.2. The highest BCUT2D eigenvalue weighted by molar-refractivity contribution is 14.1. The molecule has 0 fully saturated rings. The van der Waals surface area contributed by atoms with Crippen LogP contribution in [0.1, 0.15) is 92.1 Å². The van der Waals surface area contributed by atoms with E-state index in [-0.39, 0.29) is 138 Å². The van der Waals surface area contributed by atoms with Gasteiger partial charge in [0, 0.05) is 52.0 Å². The van der Waals surface area contributed by atoms with E-state index in [1.165, 1.54) is 82.9 Å². The summed E-state index contributed by atoms with van der Waals surface area (Å²) >= 11 is 45.5. The third-order valence-electron chi connectivity index (χ3n) is 16.4. The Hall–Kier alpha value is -11.8. The summed E-state index contributed by atoms with van der Waals surface area (Å²) in [5.74, 6) is -13.9. The molecule has 27 nitrogen and oxygen atoms in total. The first-order valence-corrected chi connectivity index (χ1v) is 37.8. The second-order valence-corrected chi connectivity index (χ2v) is 28.7. The molecule has 45 heteroatoms. The number of halogens is 18. The van der Waals surface area contributed by atoms with Crippen molar-refractivity contribution < 1.29 is 97.8 Å². The van der Waals surface area contributed by atoms with Gasteiger partial charge < -0.3 is 63.9 Å². The van der Waals surface area contributed by atoms with Crippen molar-refractivity contribution in [3.8, 4) is 67.5 Å². The Morgan fingerprint density at radius 3 is 1.16 bits per heavy atom. The van der Waals surface area contributed by atoms with Crippen LogP contribution in [0.4, 0.5) is 73.6 Å². The number of carboxylic acid groups (broad SMARTS) is 3. The van der Waals surface area contributed by atoms with Crippen molar-refractivity contribution in [3.05, 3.63) is 256 Å². The molecule has 0 bridgehead atoms. The summed E-state index contributed by atoms with van der Waals surface area (Å²) in [5.41, 5.74) is 31.7. The SMILES string of the molecule is CCc1c(-c2cc(N)c(Cl)c(C(=O)O)n2)ccc(Cl)c1F.COC(=O)c1nc(-c2ccc(Br)nc2)c(F)c(N)c1Cl.COC(=O)c1nc(-c2ccc(F)nc2)c(F)c(N)c1Cl.COC(=O)c1nc(-c2ccc(I)nc2)c(F)c(N)c1Cl.Cc1c(-c2cc(N)c(Cl)c(C(=O)O)n2)ccc(F)c1F.Cc1ccc(-c2nc(C(=O)O)c(Cl)c(N)c2F)c(C)c1F. The summed E-state index contributed by atoms with van der Waals surface area (Å²) in [7, 11) is 3.46. The second kappa shape index (κ2) is 42.2. The van der Waals surface area contributed by atoms with Crippen LogP contribution in [0.15, 0.2) is 108 Å². The summed E-state index contributed by atoms with van der Waals surface area (Å²) in [6.07, 6.45) is 4.26. The lowest BCUT2D eigenvalue weighted by molar-refractivity contribution is 0.0585. The van der Waals surface area contributed by atoms with E-state index in [0.29, 0.717) is 38.8 Å². The number of rotatable bonds is 13. The van der Waals surface area contributed by atoms with Crippen LogP contribution < -0.4 is 34.4 Å². The molecule has 636 valence electrons. The molecule has 0 spiro atoms. The fraction of sp³-hybridized carbons (Fsp3) is 0.104. The maximum atomic E-state index is 14.2. The number of hydrogen-bond acceptors (Lipinski definition) is 24. The minimum absolute atomic E-state index is 0.00167. The number of carbonyl (C=O) groups is 6. The van der Waals surface area contributed by atoms with Gasteiger partial charge in [0.1, 0.15) is 42.7 Å². The average Bonchev–Trinajstić information content (AvgIpc) is 0.768. The molecule has 15 N–H and O–H groups in total. The molecule has 0 unspecified atom stereocenters. The lowest BCUT2D eigenvalue weighted by Crippen LogP contribution is -2.10. The summed E-state index contributed by atoms with van der Waals surface area (Å²) in [5, 5.41) is 25.4. The molecular weight excluding hydrogens is 1950 g/mol. The molecule has 12 aromatic rings. The number of aryl methyl sites for hydroxylation is 1. The highest BCUT2D eigenvalue weighted by Gasteiger charge is 2.29. The number of carboxylic acids is 3. The minimum Gasteiger partial charge on any atom is -0.476 e. The van der Waals surface area contributed by atoms with Crippen molar-refractivity contribution in [1.82, 2.24) is 44.9 Å². The number of aromatic nitrogens is 9. The summed E-state index contributed by atoms with van der Waals surface area (Å²) < 4.78 is 139. The van der Waals surface area contributed by atoms with Gasteiger partial charge >= 0.3 is 35.8 Å². The van der Waals surface area contributed by atoms with Gasteiger partial charge in [0.15, 0.2) is 69.1 Å². The predicted octanol–water partition coefficient (Wildman–Crippen LogP) is 19.3. The topological polar surface area (TPSA) is 463 Å². The Bertz CT molecular complexity index is 5870. The van der Waals surface area contributed by atoms with Crippen LogP contribution in [0.5, 0.6) is 0 Å². The molecule has 0 radical (unpaired) electrons. The Balaban J connectivity index is 0.000000201. The molecule has 9 heterocycles. The zero-order valence-corrected chi connectivity index (χ0v) is 71.9. The summed E-state index contributed by atoms with van der Waals surface area (Å²) in [4.78, 5) is 102. The van der Waals surface area contributed by atoms with Crippen LogP contribution in [-0.4, -0.2) is 117 Å². The van der Waals surface area contributed by atoms with E-state index in [0.717, 1.165) is 29.1 Å². The second-order valence-electron chi connectivity index (χ2n) is 24.1. The van der Waals surface area contributed by atoms with E-state index in [4.69, 9.17) is 131 Å². The summed E-state index contributed by atoms with van der Waals surface area (Å²) in [6.45, 7) is 6.13. The van der Waals surface area contributed by atoms with Crippen LogP contribution in [-0.2, 0) is 20.6 Å². The smallest absolute Gasteiger partial charge is 0.358 e. The van der Waals surface area contributed by atoms with Crippen LogP contribution in [0, 0.1) is 77.0 Å². The van der Waals surface area contributed by atoms with Crippen molar-refractivity contribution in [3.63, 3.8) is 0 Å². The van der Waals surface area contributed by atoms with Gasteiger partial charge in [-0.1, -0.05) is 106 Å². The number of methoxy groups -OCH3 is 3. The van der Waals surface area contributed by atoms with E-state index in [9.17, 15) is 68.3 Å². The van der Waals surface area contributed by atoms with Gasteiger partial charge in [-0.15, -0.1) is 0 Å². The van der Waals surface area contributed by atoms with Gasteiger partial charge in [-0.2, -0.15) is 4.39 Å². The Morgan fingerprint density at radius 1 is 0.410 bits per heavy atom. The number of aromatic carboxylic acids is 3. The van der Waals surface area contributed by atoms with E-state index in [2.05, 4.69) is 75.0 Å². The molecular formula is C77H55BrCl7F9IN15O12. The van der Waals surface area contributed by atoms with Crippen molar-refractivity contribution >= 4 is 190 Å². The van der Waals surface area contributed by atoms with Crippen LogP contribution in [0.25, 0.3) is 67.5 Å². The van der Waals surface area contributed by atoms with Crippen molar-refractivity contribution in [2.24, 2.45) is 0 Å². The zero-order chi connectivity index (χ0) is 91.2. The fourth-order valence-corrected chi connectivity index (χ4v) is 12.1. The lowest BCUT2D eigenvalue weighted by atomic mass is 10.0. The van der Waals surface area contributed by atoms with E-state index >= 15 is 0 Å². The number of nitrogen functional groups attached to an aromatic ring is 6. The third kappa shape index (κ3) is 22.1. The largest absolute Gasteiger partial charge is 0.476 e. The molecule has 0 amide bonds. The van der Waals surface area contributed by atoms with Gasteiger partial charge in [-0.05, 0) is 155 Å². The van der Waals surface area contributed by atoms with Crippen LogP contribution in [0.2, 0.25) is 35.2 Å². The molecule has 0 saturated heterocycles. The van der Waals surface area contributed by atoms with Crippen LogP contribution in [0.3, 0.4) is 0 Å². The zero-order valence-electron chi connectivity index (χ0n) is 62.8. The molecule has 0 atom stereocenters. The molecule has 9 aromatic heterocycles. The average molecular weight is 2010 g/mol. The number of hydrogen-bond donors (Lipinski definition) is 9. The van der Waals surface area contributed by atoms with Crippen LogP contribution >= 0.6 is 120 Å². The number of pyridine rings is 9. The molecule has 0 aliphatic carbocycles. The van der Waals surface area contributed by atoms with Gasteiger partial charge in [-0.25, -0.2) is 109 Å². The Kier molecular flexibility index (Phi) is 33.6. The Morgan fingerprint density at radius 2 is 0.770 bits per heavy atom. The third-order valence-corrected chi connectivity index (χ3v) is 20.2. The van der Waals surface area contributed by atoms with Gasteiger partial charge in [0.2, 0.25) is 5.95 Å². The highest BCUT2D eigenvalue weighted by Crippen LogP contribution is 2.40. The minimum atomic E-state index is -1.45. The van der Waals surface area contributed by atoms with E-state index in [1.807, 2.05) is 22.6 Å². The quantitative estimate of drug-likeness (QED) is 0.0170. The van der Waals surface area contributed by atoms with E-state index in [1.54, 1.807) is 44.2 Å². The molecule has 122 heavy (non-hydrogen) atoms. The normalized spacial score (nSPS) is 10.5. The lowest BCUT2D eigenvalue weighted by Gasteiger charge is -2.12. The van der Waals surface area contributed by atoms with E-state index < -0.39 is 116 Å². The Labute approximate surface area is 740 Å². The van der Waals surface area contributed by atoms with Crippen molar-refractivity contribution in [1.29, 1.82) is 0 Å². The standard InChI is InChI=1S/C14H11Cl2FN2O2.C14H11ClF2N2O2.C13H9ClF2N2O2.C12H8BrClFN3O2.C12H8ClF2N3O2.C12H8ClFIN3O2/c1-2-6-7(3-4-8(15)12(6)17)10-5-9(18)11(16)13(19-10)14(20)21;1-5-3-4-7(6(2)9(5)16)12-10(17)11(18)8(15)13(19-12)14(20)21;1-5-6(2-3-7(15)11(5)16)9-4-8(17)10(14)12(18-9)13(19)20;1-20-12(19)11-7(14)9(16)8(15)10(18-11)5-2-3-6(13)17-4-5;1-20-12(19)11-7(13)9(16)8(15)10(18-11)5-2-3-6(14)17-4-5;1-20-12(19)11-7(13)9(16)8(14)10(18-11)5-2-3-6(15)17-4-5/h3-5H,2H2,1H3,(H2,18,19)(H,20,21);3-4H,1-2H3,(H2,18,19)(H,20,21);2-4H,1H3,(H2,17,18)(H,19,20);3*2-4H,1H3,(H2,16,18). The molecule has 0 saturated carbocycles. The van der Waals surface area contributed by atoms with Gasteiger partial charge in [0.05, 0.1) is 102 Å². The number of nitrogens with two attached hydrogens (primary N) is 6. The first kappa shape index (κ1) is 97.4. The number of anilines is 6. The van der Waals surface area contributed by atoms with Gasteiger partial charge in [0.25, 0.3) is 0 Å². The molecule has 0 aliphatic heterocycles. The van der Waals surface area contributed by atoms with Crippen molar-refractivity contribution in [2.75, 3.05) is 55.7 Å². The maximum Gasteiger partial charge on any atom is 0.358 e. The highest BCUT2D eigenvalue weighted by atomic mass is 127. The first-order chi connectivity index (χ1) is 57.3. The molecule has 3 aromatic carbocycles. The monoisotopic (exact) mass is 2000 g/mol. The number of nitrogens with zero attached hydrogens (tertiary/aromatic N) is 9. The number of ether oxygens (including phenoxy) is 3. The fourth-order valence-electron chi connectivity index (χ4n) is 10.2. The molecule has 12 rings (SSSR count). The number of benzene rings is 3. The number of carbonyl (C=O) groups excluding carboxylic acids is 3. The first-order valence-electron chi connectivity index (χ1n) is 33.3. The molecule has 0 aliphatic rings. The van der Waals surface area contributed by atoms with Crippen molar-refractivity contribution in [2.45, 2.75) is 34.1 Å².